The number of hydrogen-bond acceptors (Lipinski definition) is 3. The van der Waals surface area contributed by atoms with Gasteiger partial charge in [0.25, 0.3) is 0 Å². The number of nitrogens with zero attached hydrogens (tertiary/aromatic N) is 2. The summed E-state index contributed by atoms with van der Waals surface area (Å²) in [6.45, 7) is 7.39. The van der Waals surface area contributed by atoms with Gasteiger partial charge in [0.2, 0.25) is 5.90 Å². The van der Waals surface area contributed by atoms with Gasteiger partial charge in [-0.05, 0) is 55.1 Å². The molecule has 1 aliphatic heterocycles. The molecule has 0 spiro atoms. The van der Waals surface area contributed by atoms with E-state index in [2.05, 4.69) is 39.0 Å². The highest BCUT2D eigenvalue weighted by Gasteiger charge is 2.35. The Kier molecular flexibility index (Phi) is 6.08. The van der Waals surface area contributed by atoms with E-state index in [-0.39, 0.29) is 11.5 Å². The van der Waals surface area contributed by atoms with Crippen LogP contribution in [0.15, 0.2) is 23.2 Å². The fourth-order valence-corrected chi connectivity index (χ4v) is 5.57. The first-order valence-corrected chi connectivity index (χ1v) is 11.7. The molecule has 154 valence electrons. The van der Waals surface area contributed by atoms with Crippen molar-refractivity contribution in [2.75, 3.05) is 6.61 Å². The van der Waals surface area contributed by atoms with Gasteiger partial charge in [-0.15, -0.1) is 0 Å². The van der Waals surface area contributed by atoms with Crippen molar-refractivity contribution >= 4 is 5.90 Å². The van der Waals surface area contributed by atoms with Crippen LogP contribution in [0, 0.1) is 17.3 Å². The van der Waals surface area contributed by atoms with Crippen molar-refractivity contribution in [1.82, 2.24) is 4.98 Å². The second-order valence-corrected chi connectivity index (χ2v) is 10.4. The number of hydrogen-bond donors (Lipinski definition) is 0. The molecular weight excluding hydrogens is 344 g/mol. The first kappa shape index (κ1) is 19.9. The highest BCUT2D eigenvalue weighted by molar-refractivity contribution is 5.93. The minimum absolute atomic E-state index is 0.131. The summed E-state index contributed by atoms with van der Waals surface area (Å²) < 4.78 is 5.99. The van der Waals surface area contributed by atoms with Gasteiger partial charge >= 0.3 is 0 Å². The minimum atomic E-state index is 0.131. The average Bonchev–Trinajstić information content (AvgIpc) is 3.21. The fraction of sp³-hybridized carbons (Fsp3) is 0.760. The third-order valence-corrected chi connectivity index (χ3v) is 7.30. The molecule has 2 aliphatic carbocycles. The number of ether oxygens (including phenoxy) is 1. The van der Waals surface area contributed by atoms with Gasteiger partial charge in [0.05, 0.1) is 6.04 Å². The van der Waals surface area contributed by atoms with E-state index in [1.54, 1.807) is 0 Å². The van der Waals surface area contributed by atoms with Gasteiger partial charge in [-0.2, -0.15) is 0 Å². The van der Waals surface area contributed by atoms with E-state index < -0.39 is 0 Å². The summed E-state index contributed by atoms with van der Waals surface area (Å²) in [5.74, 6) is 3.01. The molecular formula is C25H38N2O. The molecule has 1 atom stereocenters. The first-order chi connectivity index (χ1) is 13.5. The Morgan fingerprint density at radius 1 is 0.893 bits per heavy atom. The Hall–Kier alpha value is -1.38. The smallest absolute Gasteiger partial charge is 0.235 e. The Labute approximate surface area is 171 Å². The van der Waals surface area contributed by atoms with Gasteiger partial charge in [-0.3, -0.25) is 0 Å². The molecule has 2 fully saturated rings. The molecule has 4 rings (SSSR count). The monoisotopic (exact) mass is 382 g/mol. The van der Waals surface area contributed by atoms with Crippen molar-refractivity contribution < 1.29 is 4.74 Å². The lowest BCUT2D eigenvalue weighted by Crippen LogP contribution is -2.26. The number of pyridine rings is 1. The van der Waals surface area contributed by atoms with Crippen molar-refractivity contribution in [3.05, 3.63) is 29.6 Å². The molecule has 2 heterocycles. The van der Waals surface area contributed by atoms with E-state index in [0.29, 0.717) is 12.5 Å². The van der Waals surface area contributed by atoms with Gasteiger partial charge in [-0.25, -0.2) is 9.98 Å². The van der Waals surface area contributed by atoms with Crippen molar-refractivity contribution in [3.8, 4) is 0 Å². The standard InChI is InChI=1S/C25H38N2O/c1-25(2,3)22-17-28-24(27-22)21-16-10-15-20(26-21)23(18-11-6-4-7-12-18)19-13-8-5-9-14-19/h10,15-16,18-19,22-23H,4-9,11-14,17H2,1-3H3/t22-/m1/s1. The zero-order valence-electron chi connectivity index (χ0n) is 18.1. The topological polar surface area (TPSA) is 34.5 Å². The molecule has 0 aromatic carbocycles. The molecule has 1 aromatic heterocycles. The molecule has 0 unspecified atom stereocenters. The summed E-state index contributed by atoms with van der Waals surface area (Å²) in [5.41, 5.74) is 2.38. The molecule has 1 aromatic rings. The fourth-order valence-electron chi connectivity index (χ4n) is 5.57. The first-order valence-electron chi connectivity index (χ1n) is 11.7. The molecule has 0 saturated heterocycles. The summed E-state index contributed by atoms with van der Waals surface area (Å²) >= 11 is 0. The van der Waals surface area contributed by atoms with Crippen molar-refractivity contribution in [1.29, 1.82) is 0 Å². The van der Waals surface area contributed by atoms with Gasteiger partial charge in [-0.1, -0.05) is 65.4 Å². The summed E-state index contributed by atoms with van der Waals surface area (Å²) in [4.78, 5) is 10.1. The Balaban J connectivity index is 1.61. The summed E-state index contributed by atoms with van der Waals surface area (Å²) in [6, 6.07) is 6.79. The van der Waals surface area contributed by atoms with E-state index >= 15 is 0 Å². The van der Waals surface area contributed by atoms with Crippen LogP contribution >= 0.6 is 0 Å². The lowest BCUT2D eigenvalue weighted by molar-refractivity contribution is 0.199. The molecule has 28 heavy (non-hydrogen) atoms. The van der Waals surface area contributed by atoms with Crippen molar-refractivity contribution in [2.24, 2.45) is 22.2 Å². The van der Waals surface area contributed by atoms with Crippen LogP contribution in [0.1, 0.15) is 102 Å². The lowest BCUT2D eigenvalue weighted by atomic mass is 9.68. The Bertz CT molecular complexity index is 660. The predicted octanol–water partition coefficient (Wildman–Crippen LogP) is 6.52. The van der Waals surface area contributed by atoms with E-state index in [4.69, 9.17) is 14.7 Å². The van der Waals surface area contributed by atoms with Gasteiger partial charge in [0, 0.05) is 11.6 Å². The van der Waals surface area contributed by atoms with Crippen LogP contribution in [0.3, 0.4) is 0 Å². The van der Waals surface area contributed by atoms with Gasteiger partial charge in [0.1, 0.15) is 12.3 Å². The highest BCUT2D eigenvalue weighted by atomic mass is 16.5. The van der Waals surface area contributed by atoms with Crippen LogP contribution in [0.4, 0.5) is 0 Å². The predicted molar refractivity (Wildman–Crippen MR) is 116 cm³/mol. The van der Waals surface area contributed by atoms with Crippen molar-refractivity contribution in [2.45, 2.75) is 96.9 Å². The van der Waals surface area contributed by atoms with Crippen LogP contribution in [0.2, 0.25) is 0 Å². The van der Waals surface area contributed by atoms with Gasteiger partial charge < -0.3 is 4.74 Å². The Morgan fingerprint density at radius 3 is 2.04 bits per heavy atom. The van der Waals surface area contributed by atoms with Crippen molar-refractivity contribution in [3.63, 3.8) is 0 Å². The number of aromatic nitrogens is 1. The normalized spacial score (nSPS) is 25.0. The molecule has 3 nitrogen and oxygen atoms in total. The summed E-state index contributed by atoms with van der Waals surface area (Å²) in [5, 5.41) is 0. The molecule has 0 amide bonds. The second-order valence-electron chi connectivity index (χ2n) is 10.4. The van der Waals surface area contributed by atoms with Gasteiger partial charge in [0.15, 0.2) is 0 Å². The third kappa shape index (κ3) is 4.44. The summed E-state index contributed by atoms with van der Waals surface area (Å²) in [6.07, 6.45) is 14.0. The number of rotatable bonds is 4. The molecule has 0 N–H and O–H groups in total. The largest absolute Gasteiger partial charge is 0.474 e. The zero-order chi connectivity index (χ0) is 19.6. The Morgan fingerprint density at radius 2 is 1.50 bits per heavy atom. The van der Waals surface area contributed by atoms with Crippen LogP contribution in [-0.2, 0) is 4.74 Å². The highest BCUT2D eigenvalue weighted by Crippen LogP contribution is 2.45. The zero-order valence-corrected chi connectivity index (χ0v) is 18.1. The lowest BCUT2D eigenvalue weighted by Gasteiger charge is -2.37. The minimum Gasteiger partial charge on any atom is -0.474 e. The third-order valence-electron chi connectivity index (χ3n) is 7.30. The van der Waals surface area contributed by atoms with Crippen LogP contribution < -0.4 is 0 Å². The van der Waals surface area contributed by atoms with Crippen LogP contribution in [-0.4, -0.2) is 23.5 Å². The second kappa shape index (κ2) is 8.55. The maximum absolute atomic E-state index is 5.99. The van der Waals surface area contributed by atoms with Crippen LogP contribution in [0.5, 0.6) is 0 Å². The molecule has 2 saturated carbocycles. The van der Waals surface area contributed by atoms with Crippen LogP contribution in [0.25, 0.3) is 0 Å². The molecule has 0 bridgehead atoms. The van der Waals surface area contributed by atoms with E-state index in [0.717, 1.165) is 23.4 Å². The van der Waals surface area contributed by atoms with E-state index in [9.17, 15) is 0 Å². The molecule has 3 heteroatoms. The molecule has 3 aliphatic rings. The molecule has 0 radical (unpaired) electrons. The summed E-state index contributed by atoms with van der Waals surface area (Å²) in [7, 11) is 0. The van der Waals surface area contributed by atoms with E-state index in [1.165, 1.54) is 69.9 Å². The number of aliphatic imine (C=N–C) groups is 1. The maximum Gasteiger partial charge on any atom is 0.235 e. The maximum atomic E-state index is 5.99. The van der Waals surface area contributed by atoms with E-state index in [1.807, 2.05) is 0 Å². The SMILES string of the molecule is CC(C)(C)[C@H]1COC(c2cccc(C(C3CCCCC3)C3CCCCC3)n2)=N1. The average molecular weight is 383 g/mol. The quantitative estimate of drug-likeness (QED) is 0.594.